The second-order valence-corrected chi connectivity index (χ2v) is 4.55. The van der Waals surface area contributed by atoms with Crippen molar-refractivity contribution in [2.75, 3.05) is 12.4 Å². The Balaban J connectivity index is -0.000000980. The molecular formula is C7H13F4LiO3S. The van der Waals surface area contributed by atoms with Crippen LogP contribution >= 0.6 is 0 Å². The molecule has 0 aliphatic rings. The van der Waals surface area contributed by atoms with E-state index in [0.717, 1.165) is 0 Å². The van der Waals surface area contributed by atoms with Crippen LogP contribution in [-0.2, 0) is 10.1 Å². The molecule has 0 amide bonds. The largest absolute Gasteiger partial charge is 1.00 e. The molecule has 0 aromatic carbocycles. The molecule has 0 radical (unpaired) electrons. The van der Waals surface area contributed by atoms with Gasteiger partial charge < -0.3 is 1.43 Å². The van der Waals surface area contributed by atoms with E-state index >= 15 is 0 Å². The van der Waals surface area contributed by atoms with Gasteiger partial charge in [0.25, 0.3) is 10.1 Å². The van der Waals surface area contributed by atoms with Crippen molar-refractivity contribution >= 4 is 10.1 Å². The van der Waals surface area contributed by atoms with Crippen molar-refractivity contribution in [2.45, 2.75) is 31.4 Å². The van der Waals surface area contributed by atoms with Crippen molar-refractivity contribution in [2.24, 2.45) is 0 Å². The maximum Gasteiger partial charge on any atom is 1.00 e. The Morgan fingerprint density at radius 1 is 1.19 bits per heavy atom. The van der Waals surface area contributed by atoms with Crippen LogP contribution in [0, 0.1) is 0 Å². The molecular weight excluding hydrogens is 247 g/mol. The normalized spacial score (nSPS) is 17.3. The number of alkyl halides is 4. The minimum atomic E-state index is -4.68. The van der Waals surface area contributed by atoms with Crippen LogP contribution in [0.15, 0.2) is 0 Å². The Hall–Kier alpha value is 0.227. The number of hydrogen-bond acceptors (Lipinski definition) is 2. The molecule has 9 heteroatoms. The molecule has 0 bridgehead atoms. The van der Waals surface area contributed by atoms with Crippen LogP contribution in [0.25, 0.3) is 0 Å². The van der Waals surface area contributed by atoms with E-state index in [1.54, 1.807) is 0 Å². The van der Waals surface area contributed by atoms with Crippen LogP contribution < -0.4 is 18.9 Å². The van der Waals surface area contributed by atoms with Crippen molar-refractivity contribution in [1.29, 1.82) is 0 Å². The molecule has 3 nitrogen and oxygen atoms in total. The third-order valence-electron chi connectivity index (χ3n) is 1.67. The van der Waals surface area contributed by atoms with Crippen LogP contribution in [0.3, 0.4) is 0 Å². The molecule has 0 spiro atoms. The Bertz CT molecular complexity index is 280. The predicted octanol–water partition coefficient (Wildman–Crippen LogP) is -1.25. The summed E-state index contributed by atoms with van der Waals surface area (Å²) in [6, 6.07) is 0. The first-order valence-corrected chi connectivity index (χ1v) is 5.82. The fourth-order valence-corrected chi connectivity index (χ4v) is 1.54. The summed E-state index contributed by atoms with van der Waals surface area (Å²) in [6.07, 6.45) is -8.37. The Labute approximate surface area is 105 Å². The molecule has 1 N–H and O–H groups in total. The first kappa shape index (κ1) is 18.6. The third kappa shape index (κ3) is 8.39. The van der Waals surface area contributed by atoms with Gasteiger partial charge in [0.2, 0.25) is 0 Å². The molecule has 0 saturated carbocycles. The summed E-state index contributed by atoms with van der Waals surface area (Å²) >= 11 is 0. The molecule has 0 aromatic heterocycles. The van der Waals surface area contributed by atoms with Gasteiger partial charge in [0.05, 0.1) is 6.67 Å². The average Bonchev–Trinajstić information content (AvgIpc) is 2.10. The first-order valence-electron chi connectivity index (χ1n) is 4.21. The van der Waals surface area contributed by atoms with E-state index in [-0.39, 0.29) is 26.7 Å². The molecule has 0 rings (SSSR count). The summed E-state index contributed by atoms with van der Waals surface area (Å²) in [5.74, 6) is -1.50. The van der Waals surface area contributed by atoms with E-state index in [1.807, 2.05) is 0 Å². The van der Waals surface area contributed by atoms with E-state index in [9.17, 15) is 26.0 Å². The van der Waals surface area contributed by atoms with Gasteiger partial charge >= 0.3 is 18.9 Å². The summed E-state index contributed by atoms with van der Waals surface area (Å²) in [7, 11) is -4.68. The molecule has 16 heavy (non-hydrogen) atoms. The van der Waals surface area contributed by atoms with E-state index < -0.39 is 47.5 Å². The van der Waals surface area contributed by atoms with Gasteiger partial charge in [0, 0.05) is 0 Å². The summed E-state index contributed by atoms with van der Waals surface area (Å²) in [5.41, 5.74) is 0. The summed E-state index contributed by atoms with van der Waals surface area (Å²) < 4.78 is 78.3. The zero-order valence-corrected chi connectivity index (χ0v) is 9.56. The monoisotopic (exact) mass is 260 g/mol. The molecule has 0 aliphatic heterocycles. The van der Waals surface area contributed by atoms with Crippen molar-refractivity contribution in [3.8, 4) is 0 Å². The SMILES string of the molecule is O=S(=O)(O)CC(F)C(F)C(F)CCCF.[H-].[Li+]. The van der Waals surface area contributed by atoms with Crippen molar-refractivity contribution in [3.05, 3.63) is 0 Å². The third-order valence-corrected chi connectivity index (χ3v) is 2.41. The standard InChI is InChI=1S/C7H12F4O3S.Li.H/c8-3-1-2-5(9)7(11)6(10)4-15(12,13)14;;/h5-7H,1-4H2,(H,12,13,14);;/q;+1;-1. The fourth-order valence-electron chi connectivity index (χ4n) is 0.951. The zero-order chi connectivity index (χ0) is 12.1. The topological polar surface area (TPSA) is 54.4 Å². The van der Waals surface area contributed by atoms with E-state index in [2.05, 4.69) is 0 Å². The van der Waals surface area contributed by atoms with Crippen molar-refractivity contribution in [1.82, 2.24) is 0 Å². The smallest absolute Gasteiger partial charge is 1.00 e. The van der Waals surface area contributed by atoms with Crippen LogP contribution in [-0.4, -0.2) is 43.9 Å². The van der Waals surface area contributed by atoms with Gasteiger partial charge in [-0.25, -0.2) is 13.2 Å². The maximum absolute atomic E-state index is 12.8. The van der Waals surface area contributed by atoms with E-state index in [0.29, 0.717) is 0 Å². The molecule has 0 fully saturated rings. The molecule has 3 unspecified atom stereocenters. The van der Waals surface area contributed by atoms with Crippen molar-refractivity contribution in [3.63, 3.8) is 0 Å². The fraction of sp³-hybridized carbons (Fsp3) is 1.00. The minimum absolute atomic E-state index is 0. The first-order chi connectivity index (χ1) is 6.78. The number of hydrogen-bond donors (Lipinski definition) is 1. The quantitative estimate of drug-likeness (QED) is 0.354. The second-order valence-electron chi connectivity index (χ2n) is 3.06. The van der Waals surface area contributed by atoms with Gasteiger partial charge in [0.15, 0.2) is 12.3 Å². The predicted molar refractivity (Wildman–Crippen MR) is 47.4 cm³/mol. The molecule has 94 valence electrons. The van der Waals surface area contributed by atoms with Gasteiger partial charge in [-0.1, -0.05) is 0 Å². The molecule has 0 heterocycles. The van der Waals surface area contributed by atoms with Crippen LogP contribution in [0.4, 0.5) is 17.6 Å². The minimum Gasteiger partial charge on any atom is -1.00 e. The van der Waals surface area contributed by atoms with Gasteiger partial charge in [0.1, 0.15) is 11.9 Å². The Morgan fingerprint density at radius 2 is 1.69 bits per heavy atom. The summed E-state index contributed by atoms with van der Waals surface area (Å²) in [5, 5.41) is 0. The van der Waals surface area contributed by atoms with Gasteiger partial charge in [-0.2, -0.15) is 8.42 Å². The van der Waals surface area contributed by atoms with Gasteiger partial charge in [-0.15, -0.1) is 0 Å². The van der Waals surface area contributed by atoms with Gasteiger partial charge in [-0.3, -0.25) is 8.94 Å². The summed E-state index contributed by atoms with van der Waals surface area (Å²) in [6.45, 7) is -0.859. The van der Waals surface area contributed by atoms with Crippen LogP contribution in [0.2, 0.25) is 0 Å². The molecule has 0 aromatic rings. The van der Waals surface area contributed by atoms with Crippen LogP contribution in [0.1, 0.15) is 14.3 Å². The molecule has 3 atom stereocenters. The average molecular weight is 260 g/mol. The van der Waals surface area contributed by atoms with E-state index in [1.165, 1.54) is 0 Å². The second kappa shape index (κ2) is 8.34. The maximum atomic E-state index is 12.8. The number of rotatable bonds is 7. The van der Waals surface area contributed by atoms with Gasteiger partial charge in [-0.05, 0) is 12.8 Å². The molecule has 0 aliphatic carbocycles. The zero-order valence-electron chi connectivity index (χ0n) is 9.74. The van der Waals surface area contributed by atoms with Crippen molar-refractivity contribution < 1.29 is 50.8 Å². The molecule has 0 saturated heterocycles. The Kier molecular flexibility index (Phi) is 9.69. The summed E-state index contributed by atoms with van der Waals surface area (Å²) in [4.78, 5) is 0. The Morgan fingerprint density at radius 3 is 2.06 bits per heavy atom. The van der Waals surface area contributed by atoms with E-state index in [4.69, 9.17) is 4.55 Å². The van der Waals surface area contributed by atoms with Crippen LogP contribution in [0.5, 0.6) is 0 Å². The number of halogens is 4.